The molecule has 26 heavy (non-hydrogen) atoms. The largest absolute Gasteiger partial charge is 0.465 e. The molecule has 6 nitrogen and oxygen atoms in total. The van der Waals surface area contributed by atoms with Crippen LogP contribution in [-0.2, 0) is 9.53 Å². The van der Waals surface area contributed by atoms with Crippen molar-refractivity contribution >= 4 is 22.6 Å². The van der Waals surface area contributed by atoms with E-state index in [0.717, 1.165) is 22.3 Å². The van der Waals surface area contributed by atoms with Crippen molar-refractivity contribution in [2.75, 3.05) is 6.61 Å². The van der Waals surface area contributed by atoms with Crippen LogP contribution in [0.5, 0.6) is 0 Å². The SMILES string of the molecule is CCOC(=O)C(C)c1cc2ccc([N+](=O)[O-])cc2n1-c1ccc(C)cc1. The Kier molecular flexibility index (Phi) is 4.75. The molecule has 0 amide bonds. The molecule has 0 N–H and O–H groups in total. The van der Waals surface area contributed by atoms with Gasteiger partial charge in [0.25, 0.3) is 5.69 Å². The van der Waals surface area contributed by atoms with Crippen molar-refractivity contribution in [3.63, 3.8) is 0 Å². The molecule has 0 aliphatic carbocycles. The first-order chi connectivity index (χ1) is 12.4. The summed E-state index contributed by atoms with van der Waals surface area (Å²) in [6.07, 6.45) is 0. The summed E-state index contributed by atoms with van der Waals surface area (Å²) >= 11 is 0. The predicted molar refractivity (Wildman–Crippen MR) is 99.7 cm³/mol. The van der Waals surface area contributed by atoms with Crippen LogP contribution in [-0.4, -0.2) is 22.1 Å². The minimum atomic E-state index is -0.497. The number of aromatic nitrogens is 1. The Morgan fingerprint density at radius 3 is 2.50 bits per heavy atom. The first-order valence-corrected chi connectivity index (χ1v) is 8.46. The van der Waals surface area contributed by atoms with E-state index in [2.05, 4.69) is 0 Å². The first kappa shape index (κ1) is 17.7. The third kappa shape index (κ3) is 3.18. The molecule has 0 radical (unpaired) electrons. The van der Waals surface area contributed by atoms with Gasteiger partial charge in [-0.05, 0) is 45.0 Å². The highest BCUT2D eigenvalue weighted by Gasteiger charge is 2.24. The van der Waals surface area contributed by atoms with Gasteiger partial charge >= 0.3 is 5.97 Å². The van der Waals surface area contributed by atoms with Crippen LogP contribution >= 0.6 is 0 Å². The molecule has 0 saturated heterocycles. The molecule has 3 aromatic rings. The van der Waals surface area contributed by atoms with Crippen molar-refractivity contribution in [2.24, 2.45) is 0 Å². The van der Waals surface area contributed by atoms with E-state index >= 15 is 0 Å². The summed E-state index contributed by atoms with van der Waals surface area (Å²) in [5, 5.41) is 12.0. The third-order valence-corrected chi connectivity index (χ3v) is 4.40. The summed E-state index contributed by atoms with van der Waals surface area (Å²) in [5.74, 6) is -0.819. The number of carbonyl (C=O) groups excluding carboxylic acids is 1. The average molecular weight is 352 g/mol. The number of aryl methyl sites for hydroxylation is 1. The van der Waals surface area contributed by atoms with Crippen LogP contribution in [0.25, 0.3) is 16.6 Å². The minimum absolute atomic E-state index is 0.0132. The molecule has 134 valence electrons. The monoisotopic (exact) mass is 352 g/mol. The predicted octanol–water partition coefficient (Wildman–Crippen LogP) is 4.51. The van der Waals surface area contributed by atoms with Gasteiger partial charge < -0.3 is 9.30 Å². The van der Waals surface area contributed by atoms with E-state index in [1.165, 1.54) is 12.1 Å². The van der Waals surface area contributed by atoms with Gasteiger partial charge in [0.05, 0.1) is 23.0 Å². The van der Waals surface area contributed by atoms with Crippen LogP contribution in [0.2, 0.25) is 0 Å². The van der Waals surface area contributed by atoms with Crippen LogP contribution in [0.4, 0.5) is 5.69 Å². The molecule has 0 fully saturated rings. The summed E-state index contributed by atoms with van der Waals surface area (Å²) in [6.45, 7) is 5.85. The van der Waals surface area contributed by atoms with Crippen molar-refractivity contribution in [2.45, 2.75) is 26.7 Å². The average Bonchev–Trinajstić information content (AvgIpc) is 3.00. The fourth-order valence-corrected chi connectivity index (χ4v) is 3.01. The highest BCUT2D eigenvalue weighted by Crippen LogP contribution is 2.32. The molecular formula is C20H20N2O4. The smallest absolute Gasteiger partial charge is 0.314 e. The second-order valence-corrected chi connectivity index (χ2v) is 6.21. The van der Waals surface area contributed by atoms with Gasteiger partial charge in [0, 0.05) is 28.9 Å². The van der Waals surface area contributed by atoms with E-state index in [1.807, 2.05) is 41.8 Å². The lowest BCUT2D eigenvalue weighted by atomic mass is 10.1. The van der Waals surface area contributed by atoms with Gasteiger partial charge in [0.1, 0.15) is 0 Å². The van der Waals surface area contributed by atoms with Crippen LogP contribution in [0, 0.1) is 17.0 Å². The van der Waals surface area contributed by atoms with Gasteiger partial charge in [-0.15, -0.1) is 0 Å². The standard InChI is InChI=1S/C20H20N2O4/c1-4-26-20(23)14(3)18-11-15-7-10-17(22(24)25)12-19(15)21(18)16-8-5-13(2)6-9-16/h5-12,14H,4H2,1-3H3. The van der Waals surface area contributed by atoms with E-state index in [1.54, 1.807) is 19.9 Å². The topological polar surface area (TPSA) is 74.4 Å². The second-order valence-electron chi connectivity index (χ2n) is 6.21. The summed E-state index contributed by atoms with van der Waals surface area (Å²) in [4.78, 5) is 23.1. The van der Waals surface area contributed by atoms with E-state index < -0.39 is 10.8 Å². The van der Waals surface area contributed by atoms with Crippen molar-refractivity contribution in [3.05, 3.63) is 69.9 Å². The third-order valence-electron chi connectivity index (χ3n) is 4.40. The first-order valence-electron chi connectivity index (χ1n) is 8.46. The number of hydrogen-bond donors (Lipinski definition) is 0. The maximum Gasteiger partial charge on any atom is 0.314 e. The zero-order valence-corrected chi connectivity index (χ0v) is 14.9. The number of non-ortho nitro benzene ring substituents is 1. The summed E-state index contributed by atoms with van der Waals surface area (Å²) in [7, 11) is 0. The van der Waals surface area contributed by atoms with Gasteiger partial charge in [0.15, 0.2) is 0 Å². The van der Waals surface area contributed by atoms with Gasteiger partial charge in [-0.2, -0.15) is 0 Å². The Morgan fingerprint density at radius 1 is 1.19 bits per heavy atom. The number of rotatable bonds is 5. The van der Waals surface area contributed by atoms with Crippen LogP contribution in [0.15, 0.2) is 48.5 Å². The number of carbonyl (C=O) groups is 1. The lowest BCUT2D eigenvalue weighted by molar-refractivity contribution is -0.384. The maximum atomic E-state index is 12.3. The summed E-state index contributed by atoms with van der Waals surface area (Å²) in [6, 6.07) is 14.4. The number of esters is 1. The van der Waals surface area contributed by atoms with E-state index in [4.69, 9.17) is 4.74 Å². The molecule has 1 aromatic heterocycles. The van der Waals surface area contributed by atoms with E-state index in [0.29, 0.717) is 12.1 Å². The number of nitro groups is 1. The molecule has 0 saturated carbocycles. The fraction of sp³-hybridized carbons (Fsp3) is 0.250. The van der Waals surface area contributed by atoms with E-state index in [9.17, 15) is 14.9 Å². The number of fused-ring (bicyclic) bond motifs is 1. The molecule has 1 heterocycles. The summed E-state index contributed by atoms with van der Waals surface area (Å²) < 4.78 is 7.06. The lowest BCUT2D eigenvalue weighted by Gasteiger charge is -2.16. The van der Waals surface area contributed by atoms with Gasteiger partial charge in [-0.1, -0.05) is 17.7 Å². The Labute approximate surface area is 151 Å². The van der Waals surface area contributed by atoms with Gasteiger partial charge in [0.2, 0.25) is 0 Å². The molecule has 2 aromatic carbocycles. The highest BCUT2D eigenvalue weighted by atomic mass is 16.6. The van der Waals surface area contributed by atoms with E-state index in [-0.39, 0.29) is 11.7 Å². The van der Waals surface area contributed by atoms with Crippen molar-refractivity contribution in [1.29, 1.82) is 0 Å². The molecule has 0 bridgehead atoms. The van der Waals surface area contributed by atoms with Crippen molar-refractivity contribution in [1.82, 2.24) is 4.57 Å². The number of nitro benzene ring substituents is 1. The Hall–Kier alpha value is -3.15. The Balaban J connectivity index is 2.26. The number of benzene rings is 2. The molecular weight excluding hydrogens is 332 g/mol. The fourth-order valence-electron chi connectivity index (χ4n) is 3.01. The zero-order chi connectivity index (χ0) is 18.8. The van der Waals surface area contributed by atoms with Gasteiger partial charge in [-0.3, -0.25) is 14.9 Å². The molecule has 0 aliphatic heterocycles. The second kappa shape index (κ2) is 7.00. The van der Waals surface area contributed by atoms with Gasteiger partial charge in [-0.25, -0.2) is 0 Å². The minimum Gasteiger partial charge on any atom is -0.465 e. The number of hydrogen-bond acceptors (Lipinski definition) is 4. The van der Waals surface area contributed by atoms with Crippen LogP contribution < -0.4 is 0 Å². The van der Waals surface area contributed by atoms with Crippen molar-refractivity contribution < 1.29 is 14.5 Å². The Morgan fingerprint density at radius 2 is 1.88 bits per heavy atom. The molecule has 1 atom stereocenters. The van der Waals surface area contributed by atoms with Crippen LogP contribution in [0.3, 0.4) is 0 Å². The van der Waals surface area contributed by atoms with Crippen molar-refractivity contribution in [3.8, 4) is 5.69 Å². The number of ether oxygens (including phenoxy) is 1. The molecule has 1 unspecified atom stereocenters. The normalized spacial score (nSPS) is 12.1. The highest BCUT2D eigenvalue weighted by molar-refractivity contribution is 5.88. The van der Waals surface area contributed by atoms with Crippen LogP contribution in [0.1, 0.15) is 31.0 Å². The molecule has 0 spiro atoms. The zero-order valence-electron chi connectivity index (χ0n) is 14.9. The summed E-state index contributed by atoms with van der Waals surface area (Å²) in [5.41, 5.74) is 3.39. The molecule has 6 heteroatoms. The molecule has 3 rings (SSSR count). The maximum absolute atomic E-state index is 12.3. The number of nitrogens with zero attached hydrogens (tertiary/aromatic N) is 2. The Bertz CT molecular complexity index is 973. The quantitative estimate of drug-likeness (QED) is 0.384. The molecule has 0 aliphatic rings. The lowest BCUT2D eigenvalue weighted by Crippen LogP contribution is -2.16.